The molecule has 2 N–H and O–H groups in total. The number of aliphatic hydroxyl groups excluding tert-OH is 1. The maximum atomic E-state index is 12.8. The van der Waals surface area contributed by atoms with E-state index in [0.29, 0.717) is 22.5 Å². The molecular weight excluding hydrogens is 424 g/mol. The number of para-hydroxylation sites is 1. The summed E-state index contributed by atoms with van der Waals surface area (Å²) in [4.78, 5) is 37.0. The van der Waals surface area contributed by atoms with Crippen molar-refractivity contribution in [3.8, 4) is 5.69 Å². The van der Waals surface area contributed by atoms with Gasteiger partial charge in [-0.3, -0.25) is 4.79 Å². The minimum atomic E-state index is -0.628. The maximum Gasteiger partial charge on any atom is 0.340 e. The molecule has 0 aliphatic rings. The Morgan fingerprint density at radius 2 is 1.67 bits per heavy atom. The third-order valence-corrected chi connectivity index (χ3v) is 5.19. The summed E-state index contributed by atoms with van der Waals surface area (Å²) in [6, 6.07) is 15.4. The van der Waals surface area contributed by atoms with Gasteiger partial charge in [0.25, 0.3) is 0 Å². The second-order valence-electron chi connectivity index (χ2n) is 7.35. The number of carbonyl (C=O) groups is 3. The lowest BCUT2D eigenvalue weighted by Gasteiger charge is -2.11. The lowest BCUT2D eigenvalue weighted by atomic mass is 10.1. The number of hydrogen-bond acceptors (Lipinski definition) is 7. The number of ether oxygens (including phenoxy) is 2. The van der Waals surface area contributed by atoms with Crippen LogP contribution in [-0.4, -0.2) is 54.3 Å². The van der Waals surface area contributed by atoms with Crippen LogP contribution >= 0.6 is 0 Å². The van der Waals surface area contributed by atoms with Gasteiger partial charge >= 0.3 is 11.9 Å². The zero-order valence-electron chi connectivity index (χ0n) is 18.8. The molecule has 0 amide bonds. The van der Waals surface area contributed by atoms with E-state index in [1.54, 1.807) is 54.6 Å². The van der Waals surface area contributed by atoms with E-state index in [1.165, 1.54) is 7.11 Å². The quantitative estimate of drug-likeness (QED) is 0.380. The number of aromatic nitrogens is 1. The summed E-state index contributed by atoms with van der Waals surface area (Å²) in [5.41, 5.74) is 4.01. The van der Waals surface area contributed by atoms with E-state index in [4.69, 9.17) is 14.6 Å². The number of carbonyl (C=O) groups excluding carboxylic acids is 3. The van der Waals surface area contributed by atoms with Crippen LogP contribution in [0, 0.1) is 13.8 Å². The van der Waals surface area contributed by atoms with Crippen molar-refractivity contribution >= 4 is 23.4 Å². The predicted molar refractivity (Wildman–Crippen MR) is 123 cm³/mol. The van der Waals surface area contributed by atoms with Crippen LogP contribution in [0.15, 0.2) is 54.6 Å². The Balaban J connectivity index is 1.74. The molecule has 33 heavy (non-hydrogen) atoms. The topological polar surface area (TPSA) is 107 Å². The molecule has 0 bridgehead atoms. The molecule has 0 aliphatic carbocycles. The van der Waals surface area contributed by atoms with E-state index in [1.807, 2.05) is 18.4 Å². The van der Waals surface area contributed by atoms with E-state index in [9.17, 15) is 14.4 Å². The van der Waals surface area contributed by atoms with Crippen molar-refractivity contribution < 1.29 is 29.0 Å². The first-order chi connectivity index (χ1) is 15.9. The summed E-state index contributed by atoms with van der Waals surface area (Å²) >= 11 is 0. The van der Waals surface area contributed by atoms with Gasteiger partial charge in [0.2, 0.25) is 5.78 Å². The average molecular weight is 450 g/mol. The monoisotopic (exact) mass is 450 g/mol. The first-order valence-corrected chi connectivity index (χ1v) is 10.4. The number of benzene rings is 2. The number of nitrogens with zero attached hydrogens (tertiary/aromatic N) is 1. The Morgan fingerprint density at radius 3 is 2.33 bits per heavy atom. The molecule has 1 heterocycles. The number of hydrogen-bond donors (Lipinski definition) is 2. The van der Waals surface area contributed by atoms with Gasteiger partial charge in [0.15, 0.2) is 6.61 Å². The molecule has 0 aliphatic heterocycles. The molecule has 172 valence electrons. The highest BCUT2D eigenvalue weighted by Gasteiger charge is 2.20. The van der Waals surface area contributed by atoms with Crippen LogP contribution in [0.2, 0.25) is 0 Å². The van der Waals surface area contributed by atoms with Gasteiger partial charge in [-0.05, 0) is 56.3 Å². The zero-order chi connectivity index (χ0) is 24.0. The number of methoxy groups -OCH3 is 1. The normalized spacial score (nSPS) is 10.5. The summed E-state index contributed by atoms with van der Waals surface area (Å²) in [6.07, 6.45) is 0. The molecule has 0 unspecified atom stereocenters. The predicted octanol–water partition coefficient (Wildman–Crippen LogP) is 3.32. The fourth-order valence-corrected chi connectivity index (χ4v) is 3.60. The molecule has 2 aromatic carbocycles. The number of ketones is 1. The molecule has 3 rings (SSSR count). The van der Waals surface area contributed by atoms with Crippen LogP contribution in [0.5, 0.6) is 0 Å². The number of aliphatic hydroxyl groups is 1. The number of esters is 2. The minimum Gasteiger partial charge on any atom is -0.465 e. The van der Waals surface area contributed by atoms with E-state index in [0.717, 1.165) is 11.4 Å². The molecule has 8 nitrogen and oxygen atoms in total. The second kappa shape index (κ2) is 10.6. The lowest BCUT2D eigenvalue weighted by molar-refractivity contribution is 0.0475. The molecule has 0 spiro atoms. The minimum absolute atomic E-state index is 0.0805. The Labute approximate surface area is 191 Å². The van der Waals surface area contributed by atoms with Crippen LogP contribution < -0.4 is 5.32 Å². The van der Waals surface area contributed by atoms with Gasteiger partial charge < -0.3 is 24.5 Å². The van der Waals surface area contributed by atoms with Gasteiger partial charge in [-0.25, -0.2) is 9.59 Å². The summed E-state index contributed by atoms with van der Waals surface area (Å²) in [7, 11) is 1.32. The Bertz CT molecular complexity index is 1160. The van der Waals surface area contributed by atoms with Crippen LogP contribution in [0.4, 0.5) is 5.69 Å². The van der Waals surface area contributed by atoms with Crippen LogP contribution in [-0.2, 0) is 9.47 Å². The largest absolute Gasteiger partial charge is 0.465 e. The molecule has 8 heteroatoms. The Morgan fingerprint density at radius 1 is 0.970 bits per heavy atom. The number of aryl methyl sites for hydroxylation is 1. The van der Waals surface area contributed by atoms with Gasteiger partial charge in [-0.15, -0.1) is 0 Å². The summed E-state index contributed by atoms with van der Waals surface area (Å²) < 4.78 is 11.9. The van der Waals surface area contributed by atoms with Crippen molar-refractivity contribution in [1.29, 1.82) is 0 Å². The standard InChI is InChI=1S/C25H26N2O6/c1-16-14-21(17(2)27(16)19-10-8-18(9-11-19)24(30)32-3)23(29)15-33-25(31)20-6-4-5-7-22(20)26-12-13-28/h4-11,14,26,28H,12-13,15H2,1-3H3. The molecule has 0 fully saturated rings. The lowest BCUT2D eigenvalue weighted by Crippen LogP contribution is -2.17. The highest BCUT2D eigenvalue weighted by Crippen LogP contribution is 2.22. The molecule has 3 aromatic rings. The maximum absolute atomic E-state index is 12.8. The van der Waals surface area contributed by atoms with Crippen molar-refractivity contribution in [2.45, 2.75) is 13.8 Å². The van der Waals surface area contributed by atoms with Crippen molar-refractivity contribution in [2.75, 3.05) is 32.2 Å². The molecule has 0 saturated carbocycles. The number of anilines is 1. The molecule has 1 aromatic heterocycles. The fraction of sp³-hybridized carbons (Fsp3) is 0.240. The summed E-state index contributed by atoms with van der Waals surface area (Å²) in [5.74, 6) is -1.38. The fourth-order valence-electron chi connectivity index (χ4n) is 3.60. The molecule has 0 radical (unpaired) electrons. The van der Waals surface area contributed by atoms with Gasteiger partial charge in [0.05, 0.1) is 24.8 Å². The van der Waals surface area contributed by atoms with Crippen LogP contribution in [0.1, 0.15) is 42.5 Å². The average Bonchev–Trinajstić information content (AvgIpc) is 3.14. The Hall–Kier alpha value is -3.91. The third-order valence-electron chi connectivity index (χ3n) is 5.19. The summed E-state index contributed by atoms with van der Waals surface area (Å²) in [6.45, 7) is 3.48. The first-order valence-electron chi connectivity index (χ1n) is 10.4. The highest BCUT2D eigenvalue weighted by atomic mass is 16.5. The van der Waals surface area contributed by atoms with Crippen LogP contribution in [0.3, 0.4) is 0 Å². The Kier molecular flexibility index (Phi) is 7.63. The van der Waals surface area contributed by atoms with Gasteiger partial charge in [-0.1, -0.05) is 12.1 Å². The highest BCUT2D eigenvalue weighted by molar-refractivity contribution is 6.01. The first kappa shape index (κ1) is 23.7. The molecule has 0 atom stereocenters. The van der Waals surface area contributed by atoms with E-state index >= 15 is 0 Å². The van der Waals surface area contributed by atoms with E-state index in [2.05, 4.69) is 5.32 Å². The molecule has 0 saturated heterocycles. The van der Waals surface area contributed by atoms with Crippen molar-refractivity contribution in [1.82, 2.24) is 4.57 Å². The van der Waals surface area contributed by atoms with E-state index < -0.39 is 18.5 Å². The zero-order valence-corrected chi connectivity index (χ0v) is 18.8. The number of rotatable bonds is 9. The van der Waals surface area contributed by atoms with Gasteiger partial charge in [0, 0.05) is 34.9 Å². The summed E-state index contributed by atoms with van der Waals surface area (Å²) in [5, 5.41) is 11.9. The van der Waals surface area contributed by atoms with Crippen LogP contribution in [0.25, 0.3) is 5.69 Å². The van der Waals surface area contributed by atoms with Gasteiger partial charge in [-0.2, -0.15) is 0 Å². The third kappa shape index (κ3) is 5.30. The van der Waals surface area contributed by atoms with Crippen molar-refractivity contribution in [3.05, 3.63) is 82.7 Å². The van der Waals surface area contributed by atoms with Crippen molar-refractivity contribution in [2.24, 2.45) is 0 Å². The van der Waals surface area contributed by atoms with Crippen molar-refractivity contribution in [3.63, 3.8) is 0 Å². The van der Waals surface area contributed by atoms with Gasteiger partial charge in [0.1, 0.15) is 0 Å². The van der Waals surface area contributed by atoms with E-state index in [-0.39, 0.29) is 24.5 Å². The number of nitrogens with one attached hydrogen (secondary N) is 1. The second-order valence-corrected chi connectivity index (χ2v) is 7.35. The SMILES string of the molecule is COC(=O)c1ccc(-n2c(C)cc(C(=O)COC(=O)c3ccccc3NCCO)c2C)cc1. The number of Topliss-reactive ketones (excluding diaryl/α,β-unsaturated/α-hetero) is 1. The molecular formula is C25H26N2O6. The smallest absolute Gasteiger partial charge is 0.340 e.